The second-order valence-corrected chi connectivity index (χ2v) is 9.15. The van der Waals surface area contributed by atoms with Crippen LogP contribution in [0.1, 0.15) is 65.3 Å². The lowest BCUT2D eigenvalue weighted by Gasteiger charge is -2.26. The average molecular weight is 511 g/mol. The molecular formula is C30H30N4O4. The first-order chi connectivity index (χ1) is 18.6. The van der Waals surface area contributed by atoms with E-state index in [1.807, 2.05) is 60.2 Å². The van der Waals surface area contributed by atoms with Crippen molar-refractivity contribution in [3.8, 4) is 23.2 Å². The van der Waals surface area contributed by atoms with Gasteiger partial charge in [-0.15, -0.1) is 0 Å². The normalized spacial score (nSPS) is 15.9. The lowest BCUT2D eigenvalue weighted by molar-refractivity contribution is -0.188. The third-order valence-corrected chi connectivity index (χ3v) is 6.39. The number of amides is 1. The number of hydrogen-bond donors (Lipinski definition) is 1. The molecule has 38 heavy (non-hydrogen) atoms. The van der Waals surface area contributed by atoms with Gasteiger partial charge < -0.3 is 23.9 Å². The summed E-state index contributed by atoms with van der Waals surface area (Å²) in [4.78, 5) is 16.2. The van der Waals surface area contributed by atoms with E-state index < -0.39 is 0 Å². The molecule has 0 radical (unpaired) electrons. The van der Waals surface area contributed by atoms with Gasteiger partial charge in [-0.3, -0.25) is 4.79 Å². The Morgan fingerprint density at radius 2 is 1.87 bits per heavy atom. The lowest BCUT2D eigenvalue weighted by Crippen LogP contribution is -2.24. The molecule has 1 fully saturated rings. The molecule has 2 aromatic carbocycles. The monoisotopic (exact) mass is 510 g/mol. The fourth-order valence-corrected chi connectivity index (χ4v) is 4.33. The molecule has 0 spiro atoms. The van der Waals surface area contributed by atoms with Crippen LogP contribution in [0, 0.1) is 11.8 Å². The molecule has 2 aromatic heterocycles. The summed E-state index contributed by atoms with van der Waals surface area (Å²) in [6, 6.07) is 17.0. The van der Waals surface area contributed by atoms with Crippen molar-refractivity contribution in [2.24, 2.45) is 0 Å². The molecule has 1 aliphatic rings. The van der Waals surface area contributed by atoms with Gasteiger partial charge in [-0.05, 0) is 74.7 Å². The van der Waals surface area contributed by atoms with Gasteiger partial charge >= 0.3 is 0 Å². The van der Waals surface area contributed by atoms with Crippen LogP contribution in [0.15, 0.2) is 71.5 Å². The number of benzene rings is 2. The highest BCUT2D eigenvalue weighted by atomic mass is 16.7. The Morgan fingerprint density at radius 3 is 2.55 bits per heavy atom. The van der Waals surface area contributed by atoms with Crippen molar-refractivity contribution in [2.75, 3.05) is 13.7 Å². The zero-order valence-electron chi connectivity index (χ0n) is 21.5. The van der Waals surface area contributed by atoms with Gasteiger partial charge in [0.1, 0.15) is 17.6 Å². The first kappa shape index (κ1) is 25.5. The number of rotatable bonds is 7. The maximum absolute atomic E-state index is 11.7. The fourth-order valence-electron chi connectivity index (χ4n) is 4.33. The zero-order chi connectivity index (χ0) is 26.3. The van der Waals surface area contributed by atoms with Crippen LogP contribution in [-0.4, -0.2) is 40.6 Å². The molecule has 5 rings (SSSR count). The predicted molar refractivity (Wildman–Crippen MR) is 142 cm³/mol. The summed E-state index contributed by atoms with van der Waals surface area (Å²) in [5, 5.41) is 6.87. The summed E-state index contributed by atoms with van der Waals surface area (Å²) in [7, 11) is 1.61. The van der Waals surface area contributed by atoms with E-state index in [4.69, 9.17) is 14.0 Å². The third kappa shape index (κ3) is 6.20. The van der Waals surface area contributed by atoms with Gasteiger partial charge in [-0.1, -0.05) is 17.0 Å². The summed E-state index contributed by atoms with van der Waals surface area (Å²) in [6.07, 6.45) is 6.44. The number of aromatic nitrogens is 3. The van der Waals surface area contributed by atoms with Crippen LogP contribution in [0.2, 0.25) is 0 Å². The van der Waals surface area contributed by atoms with Crippen LogP contribution in [0.4, 0.5) is 0 Å². The standard InChI is InChI=1S/C30H30N4O4/c1-21(37-28-5-3-4-18-36-28)29-32-16-17-34(29)20-26-19-27(38-33-26)24-12-8-22(9-13-24)6-7-23-10-14-25(15-11-23)30(35)31-2/h8-17,19,21,28H,3-5,18,20H2,1-2H3,(H,31,35)/t21-,28?/m0/s1. The minimum absolute atomic E-state index is 0.116. The van der Waals surface area contributed by atoms with Crippen LogP contribution in [-0.2, 0) is 16.0 Å². The van der Waals surface area contributed by atoms with Crippen molar-refractivity contribution in [1.82, 2.24) is 20.0 Å². The van der Waals surface area contributed by atoms with E-state index in [-0.39, 0.29) is 18.3 Å². The molecule has 1 unspecified atom stereocenters. The molecule has 1 N–H and O–H groups in total. The van der Waals surface area contributed by atoms with Gasteiger partial charge in [0.2, 0.25) is 0 Å². The van der Waals surface area contributed by atoms with Crippen molar-refractivity contribution >= 4 is 5.91 Å². The molecule has 3 heterocycles. The molecule has 0 aliphatic carbocycles. The Labute approximate surface area is 222 Å². The number of nitrogens with one attached hydrogen (secondary N) is 1. The molecule has 0 bridgehead atoms. The largest absolute Gasteiger partial charge is 0.356 e. The van der Waals surface area contributed by atoms with E-state index >= 15 is 0 Å². The molecule has 8 nitrogen and oxygen atoms in total. The van der Waals surface area contributed by atoms with Crippen LogP contribution >= 0.6 is 0 Å². The second kappa shape index (κ2) is 11.9. The molecule has 0 saturated carbocycles. The summed E-state index contributed by atoms with van der Waals surface area (Å²) >= 11 is 0. The second-order valence-electron chi connectivity index (χ2n) is 9.15. The van der Waals surface area contributed by atoms with Crippen molar-refractivity contribution < 1.29 is 18.8 Å². The van der Waals surface area contributed by atoms with Crippen molar-refractivity contribution in [3.05, 3.63) is 95.2 Å². The summed E-state index contributed by atoms with van der Waals surface area (Å²) in [5.74, 6) is 7.68. The SMILES string of the molecule is CNC(=O)c1ccc(C#Cc2ccc(-c3cc(Cn4ccnc4[C@H](C)OC4CCCCO4)no3)cc2)cc1. The van der Waals surface area contributed by atoms with E-state index in [0.717, 1.165) is 54.1 Å². The Hall–Kier alpha value is -4.19. The molecule has 2 atom stereocenters. The van der Waals surface area contributed by atoms with Crippen LogP contribution < -0.4 is 5.32 Å². The summed E-state index contributed by atoms with van der Waals surface area (Å²) < 4.78 is 19.5. The average Bonchev–Trinajstić information content (AvgIpc) is 3.63. The lowest BCUT2D eigenvalue weighted by atomic mass is 10.1. The van der Waals surface area contributed by atoms with Gasteiger partial charge in [0.25, 0.3) is 5.91 Å². The van der Waals surface area contributed by atoms with Crippen molar-refractivity contribution in [2.45, 2.75) is 45.1 Å². The summed E-state index contributed by atoms with van der Waals surface area (Å²) in [6.45, 7) is 3.27. The number of ether oxygens (including phenoxy) is 2. The highest BCUT2D eigenvalue weighted by Gasteiger charge is 2.21. The number of carbonyl (C=O) groups is 1. The van der Waals surface area contributed by atoms with Gasteiger partial charge in [0, 0.05) is 54.4 Å². The van der Waals surface area contributed by atoms with Crippen LogP contribution in [0.3, 0.4) is 0 Å². The van der Waals surface area contributed by atoms with Gasteiger partial charge in [-0.25, -0.2) is 4.98 Å². The molecule has 4 aromatic rings. The van der Waals surface area contributed by atoms with Gasteiger partial charge in [0.15, 0.2) is 12.1 Å². The molecule has 8 heteroatoms. The number of hydrogen-bond acceptors (Lipinski definition) is 6. The molecule has 1 saturated heterocycles. The molecule has 1 amide bonds. The van der Waals surface area contributed by atoms with Crippen LogP contribution in [0.5, 0.6) is 0 Å². The highest BCUT2D eigenvalue weighted by Crippen LogP contribution is 2.25. The predicted octanol–water partition coefficient (Wildman–Crippen LogP) is 4.95. The fraction of sp³-hybridized carbons (Fsp3) is 0.300. The molecule has 1 aliphatic heterocycles. The zero-order valence-corrected chi connectivity index (χ0v) is 21.5. The first-order valence-electron chi connectivity index (χ1n) is 12.8. The highest BCUT2D eigenvalue weighted by molar-refractivity contribution is 5.94. The molecule has 194 valence electrons. The van der Waals surface area contributed by atoms with E-state index in [1.54, 1.807) is 25.4 Å². The van der Waals surface area contributed by atoms with E-state index in [1.165, 1.54) is 0 Å². The quantitative estimate of drug-likeness (QED) is 0.354. The number of nitrogens with zero attached hydrogens (tertiary/aromatic N) is 3. The van der Waals surface area contributed by atoms with E-state index in [0.29, 0.717) is 17.9 Å². The number of imidazole rings is 1. The Kier molecular flexibility index (Phi) is 7.98. The maximum Gasteiger partial charge on any atom is 0.251 e. The van der Waals surface area contributed by atoms with Crippen molar-refractivity contribution in [3.63, 3.8) is 0 Å². The third-order valence-electron chi connectivity index (χ3n) is 6.39. The van der Waals surface area contributed by atoms with Gasteiger partial charge in [-0.2, -0.15) is 0 Å². The van der Waals surface area contributed by atoms with Gasteiger partial charge in [0.05, 0.1) is 6.54 Å². The Morgan fingerprint density at radius 1 is 1.13 bits per heavy atom. The van der Waals surface area contributed by atoms with E-state index in [9.17, 15) is 4.79 Å². The minimum Gasteiger partial charge on any atom is -0.356 e. The van der Waals surface area contributed by atoms with Crippen molar-refractivity contribution in [1.29, 1.82) is 0 Å². The van der Waals surface area contributed by atoms with Crippen LogP contribution in [0.25, 0.3) is 11.3 Å². The summed E-state index contributed by atoms with van der Waals surface area (Å²) in [5.41, 5.74) is 4.04. The topological polar surface area (TPSA) is 91.4 Å². The Bertz CT molecular complexity index is 1420. The minimum atomic E-state index is -0.193. The molecular weight excluding hydrogens is 480 g/mol. The Balaban J connectivity index is 1.21. The van der Waals surface area contributed by atoms with E-state index in [2.05, 4.69) is 27.3 Å². The first-order valence-corrected chi connectivity index (χ1v) is 12.8. The smallest absolute Gasteiger partial charge is 0.251 e. The maximum atomic E-state index is 11.7. The number of carbonyl (C=O) groups excluding carboxylic acids is 1.